The number of carbonyl (C=O) groups excluding carboxylic acids is 1. The Labute approximate surface area is 196 Å². The van der Waals surface area contributed by atoms with Crippen LogP contribution in [0.25, 0.3) is 22.8 Å². The molecule has 0 unspecified atom stereocenters. The molecule has 1 aliphatic rings. The summed E-state index contributed by atoms with van der Waals surface area (Å²) >= 11 is 0. The molecular weight excluding hydrogens is 440 g/mol. The molecule has 2 heterocycles. The normalized spacial score (nSPS) is 14.1. The number of halogens is 2. The van der Waals surface area contributed by atoms with Gasteiger partial charge in [-0.15, -0.1) is 5.10 Å². The monoisotopic (exact) mass is 465 g/mol. The van der Waals surface area contributed by atoms with Gasteiger partial charge in [0.1, 0.15) is 23.9 Å². The van der Waals surface area contributed by atoms with E-state index in [2.05, 4.69) is 16.7 Å². The molecule has 1 amide bonds. The van der Waals surface area contributed by atoms with Crippen LogP contribution in [0.4, 0.5) is 8.78 Å². The topological polar surface area (TPSA) is 86.3 Å². The molecule has 2 N–H and O–H groups in total. The zero-order valence-electron chi connectivity index (χ0n) is 18.8. The number of nitrogens with zero attached hydrogens (tertiary/aromatic N) is 4. The van der Waals surface area contributed by atoms with E-state index < -0.39 is 0 Å². The highest BCUT2D eigenvalue weighted by Crippen LogP contribution is 2.24. The minimum Gasteiger partial charge on any atom is -0.447 e. The van der Waals surface area contributed by atoms with Crippen molar-refractivity contribution in [3.8, 4) is 22.8 Å². The first-order valence-corrected chi connectivity index (χ1v) is 10.9. The molecular formula is C25H25F2N5O2. The maximum Gasteiger partial charge on any atom is 0.244 e. The van der Waals surface area contributed by atoms with Gasteiger partial charge in [0, 0.05) is 30.6 Å². The molecule has 0 atom stereocenters. The van der Waals surface area contributed by atoms with Crippen molar-refractivity contribution in [3.05, 3.63) is 84.0 Å². The van der Waals surface area contributed by atoms with Crippen LogP contribution in [-0.4, -0.2) is 38.7 Å². The number of carbonyl (C=O) groups is 1. The van der Waals surface area contributed by atoms with E-state index in [0.29, 0.717) is 48.7 Å². The first kappa shape index (κ1) is 23.2. The van der Waals surface area contributed by atoms with Crippen molar-refractivity contribution in [1.82, 2.24) is 19.7 Å². The predicted molar refractivity (Wildman–Crippen MR) is 124 cm³/mol. The van der Waals surface area contributed by atoms with Crippen LogP contribution in [0.1, 0.15) is 19.8 Å². The van der Waals surface area contributed by atoms with Gasteiger partial charge in [0.05, 0.1) is 0 Å². The lowest BCUT2D eigenvalue weighted by Crippen LogP contribution is -2.35. The van der Waals surface area contributed by atoms with Gasteiger partial charge in [-0.25, -0.2) is 18.4 Å². The number of hydrogen-bond acceptors (Lipinski definition) is 5. The molecule has 7 nitrogen and oxygen atoms in total. The second kappa shape index (κ2) is 9.86. The van der Waals surface area contributed by atoms with Crippen LogP contribution in [0, 0.1) is 11.6 Å². The lowest BCUT2D eigenvalue weighted by molar-refractivity contribution is -0.131. The number of benzene rings is 2. The fourth-order valence-electron chi connectivity index (χ4n) is 3.76. The molecule has 0 aliphatic carbocycles. The van der Waals surface area contributed by atoms with E-state index >= 15 is 0 Å². The summed E-state index contributed by atoms with van der Waals surface area (Å²) in [7, 11) is 0. The zero-order valence-corrected chi connectivity index (χ0v) is 18.8. The van der Waals surface area contributed by atoms with Crippen molar-refractivity contribution in [1.29, 1.82) is 0 Å². The van der Waals surface area contributed by atoms with Crippen molar-refractivity contribution in [3.63, 3.8) is 0 Å². The SMILES string of the molecule is C=C(N)OC1=C(C)CCN(C(=O)Cn2nc(-c3ccc(F)cc3)nc2-c2ccc(F)cc2)CC1. The molecule has 3 aromatic rings. The second-order valence-corrected chi connectivity index (χ2v) is 8.08. The highest BCUT2D eigenvalue weighted by atomic mass is 19.1. The van der Waals surface area contributed by atoms with Crippen LogP contribution in [0.5, 0.6) is 0 Å². The Balaban J connectivity index is 1.59. The third-order valence-electron chi connectivity index (χ3n) is 5.61. The number of hydrogen-bond donors (Lipinski definition) is 1. The second-order valence-electron chi connectivity index (χ2n) is 8.08. The van der Waals surface area contributed by atoms with Gasteiger partial charge < -0.3 is 15.4 Å². The van der Waals surface area contributed by atoms with Crippen molar-refractivity contribution in [2.45, 2.75) is 26.3 Å². The van der Waals surface area contributed by atoms with Gasteiger partial charge in [0.25, 0.3) is 0 Å². The number of rotatable bonds is 6. The minimum absolute atomic E-state index is 0.0558. The maximum absolute atomic E-state index is 13.5. The third kappa shape index (κ3) is 5.31. The summed E-state index contributed by atoms with van der Waals surface area (Å²) in [5.74, 6) is 0.722. The number of amides is 1. The summed E-state index contributed by atoms with van der Waals surface area (Å²) in [4.78, 5) is 19.5. The number of nitrogens with two attached hydrogens (primary N) is 1. The van der Waals surface area contributed by atoms with Crippen molar-refractivity contribution in [2.24, 2.45) is 5.73 Å². The van der Waals surface area contributed by atoms with E-state index in [-0.39, 0.29) is 30.0 Å². The van der Waals surface area contributed by atoms with E-state index in [9.17, 15) is 13.6 Å². The van der Waals surface area contributed by atoms with E-state index in [4.69, 9.17) is 10.5 Å². The maximum atomic E-state index is 13.5. The highest BCUT2D eigenvalue weighted by molar-refractivity contribution is 5.77. The quantitative estimate of drug-likeness (QED) is 0.551. The molecule has 2 aromatic carbocycles. The standard InChI is InChI=1S/C25H25F2N5O2/c1-16-11-13-31(14-12-22(16)34-17(2)28)23(33)15-32-25(19-5-9-21(27)10-6-19)29-24(30-32)18-3-7-20(26)8-4-18/h3-10H,2,11-15,28H2,1H3. The molecule has 0 fully saturated rings. The van der Waals surface area contributed by atoms with Gasteiger partial charge in [-0.3, -0.25) is 4.79 Å². The van der Waals surface area contributed by atoms with Gasteiger partial charge in [-0.1, -0.05) is 0 Å². The van der Waals surface area contributed by atoms with E-state index in [1.54, 1.807) is 29.2 Å². The highest BCUT2D eigenvalue weighted by Gasteiger charge is 2.23. The smallest absolute Gasteiger partial charge is 0.244 e. The van der Waals surface area contributed by atoms with E-state index in [1.807, 2.05) is 6.92 Å². The molecule has 0 saturated carbocycles. The first-order chi connectivity index (χ1) is 16.3. The van der Waals surface area contributed by atoms with Crippen LogP contribution in [0.15, 0.2) is 72.3 Å². The first-order valence-electron chi connectivity index (χ1n) is 10.9. The van der Waals surface area contributed by atoms with Crippen LogP contribution >= 0.6 is 0 Å². The van der Waals surface area contributed by atoms with E-state index in [1.165, 1.54) is 28.9 Å². The Morgan fingerprint density at radius 3 is 2.24 bits per heavy atom. The van der Waals surface area contributed by atoms with Gasteiger partial charge >= 0.3 is 0 Å². The van der Waals surface area contributed by atoms with Crippen molar-refractivity contribution in [2.75, 3.05) is 13.1 Å². The Morgan fingerprint density at radius 2 is 1.62 bits per heavy atom. The average Bonchev–Trinajstić information content (AvgIpc) is 3.13. The Hall–Kier alpha value is -4.01. The van der Waals surface area contributed by atoms with E-state index in [0.717, 1.165) is 11.3 Å². The predicted octanol–water partition coefficient (Wildman–Crippen LogP) is 4.23. The van der Waals surface area contributed by atoms with Gasteiger partial charge in [-0.2, -0.15) is 0 Å². The van der Waals surface area contributed by atoms with Gasteiger partial charge in [0.2, 0.25) is 5.91 Å². The molecule has 34 heavy (non-hydrogen) atoms. The molecule has 4 rings (SSSR count). The molecule has 9 heteroatoms. The summed E-state index contributed by atoms with van der Waals surface area (Å²) < 4.78 is 33.9. The fourth-order valence-corrected chi connectivity index (χ4v) is 3.76. The van der Waals surface area contributed by atoms with Gasteiger partial charge in [0.15, 0.2) is 17.5 Å². The molecule has 176 valence electrons. The summed E-state index contributed by atoms with van der Waals surface area (Å²) in [5.41, 5.74) is 7.82. The van der Waals surface area contributed by atoms with Crippen LogP contribution in [0.2, 0.25) is 0 Å². The lowest BCUT2D eigenvalue weighted by atomic mass is 10.2. The molecule has 0 bridgehead atoms. The van der Waals surface area contributed by atoms with Crippen molar-refractivity contribution < 1.29 is 18.3 Å². The summed E-state index contributed by atoms with van der Waals surface area (Å²) in [6, 6.07) is 11.6. The van der Waals surface area contributed by atoms with Gasteiger partial charge in [-0.05, 0) is 74.0 Å². The van der Waals surface area contributed by atoms with Crippen LogP contribution in [0.3, 0.4) is 0 Å². The summed E-state index contributed by atoms with van der Waals surface area (Å²) in [6.45, 7) is 6.46. The summed E-state index contributed by atoms with van der Waals surface area (Å²) in [5, 5.41) is 4.52. The van der Waals surface area contributed by atoms with Crippen molar-refractivity contribution >= 4 is 5.91 Å². The molecule has 0 saturated heterocycles. The Kier molecular flexibility index (Phi) is 6.72. The average molecular weight is 466 g/mol. The molecule has 1 aromatic heterocycles. The molecule has 0 radical (unpaired) electrons. The zero-order chi connectivity index (χ0) is 24.2. The van der Waals surface area contributed by atoms with Crippen LogP contribution < -0.4 is 5.73 Å². The summed E-state index contributed by atoms with van der Waals surface area (Å²) in [6.07, 6.45) is 1.17. The number of ether oxygens (including phenoxy) is 1. The number of aromatic nitrogens is 3. The van der Waals surface area contributed by atoms with Crippen LogP contribution in [-0.2, 0) is 16.1 Å². The lowest BCUT2D eigenvalue weighted by Gasteiger charge is -2.21. The third-order valence-corrected chi connectivity index (χ3v) is 5.61. The fraction of sp³-hybridized carbons (Fsp3) is 0.240. The molecule has 0 spiro atoms. The minimum atomic E-state index is -0.379. The Morgan fingerprint density at radius 1 is 1.03 bits per heavy atom. The Bertz CT molecular complexity index is 1230. The largest absolute Gasteiger partial charge is 0.447 e. The molecule has 1 aliphatic heterocycles.